The molecule has 0 aliphatic carbocycles. The van der Waals surface area contributed by atoms with Gasteiger partial charge < -0.3 is 29.9 Å². The van der Waals surface area contributed by atoms with Crippen molar-refractivity contribution in [3.05, 3.63) is 64.5 Å². The summed E-state index contributed by atoms with van der Waals surface area (Å²) < 4.78 is 39.4. The van der Waals surface area contributed by atoms with Crippen LogP contribution in [-0.4, -0.2) is 78.7 Å². The predicted octanol–water partition coefficient (Wildman–Crippen LogP) is 4.06. The molecule has 3 N–H and O–H groups in total. The molecule has 0 unspecified atom stereocenters. The van der Waals surface area contributed by atoms with Crippen molar-refractivity contribution in [2.75, 3.05) is 37.4 Å². The molecule has 14 heteroatoms. The Balaban J connectivity index is 1.62. The largest absolute Gasteiger partial charge is 0.488 e. The van der Waals surface area contributed by atoms with Crippen molar-refractivity contribution in [2.24, 2.45) is 5.92 Å². The van der Waals surface area contributed by atoms with E-state index >= 15 is 0 Å². The van der Waals surface area contributed by atoms with Crippen molar-refractivity contribution in [1.29, 1.82) is 0 Å². The summed E-state index contributed by atoms with van der Waals surface area (Å²) in [5, 5.41) is 19.6. The van der Waals surface area contributed by atoms with Crippen LogP contribution in [0.25, 0.3) is 0 Å². The highest BCUT2D eigenvalue weighted by atomic mass is 35.5. The number of hydrogen-bond donors (Lipinski definition) is 3. The maximum Gasteiger partial charge on any atom is 0.323 e. The van der Waals surface area contributed by atoms with Crippen LogP contribution in [0.3, 0.4) is 0 Å². The third-order valence-corrected chi connectivity index (χ3v) is 9.49. The summed E-state index contributed by atoms with van der Waals surface area (Å²) in [6.07, 6.45) is -0.717. The first kappa shape index (κ1) is 32.3. The number of urea groups is 1. The minimum absolute atomic E-state index is 0.0129. The van der Waals surface area contributed by atoms with Gasteiger partial charge in [-0.25, -0.2) is 13.2 Å². The summed E-state index contributed by atoms with van der Waals surface area (Å²) in [5.74, 6) is 0.295. The van der Waals surface area contributed by atoms with Gasteiger partial charge in [-0.2, -0.15) is 4.31 Å². The second kappa shape index (κ2) is 13.3. The van der Waals surface area contributed by atoms with E-state index in [1.54, 1.807) is 43.9 Å². The fourth-order valence-electron chi connectivity index (χ4n) is 4.80. The molecule has 3 aromatic rings. The Morgan fingerprint density at radius 1 is 1.21 bits per heavy atom. The average Bonchev–Trinajstić information content (AvgIpc) is 3.29. The lowest BCUT2D eigenvalue weighted by Gasteiger charge is -2.33. The number of aliphatic hydroxyl groups is 1. The molecular formula is C29H36ClN5O7S. The number of nitrogens with zero attached hydrogens (tertiary/aromatic N) is 3. The van der Waals surface area contributed by atoms with Crippen molar-refractivity contribution >= 4 is 44.9 Å². The lowest BCUT2D eigenvalue weighted by Crippen LogP contribution is -2.48. The van der Waals surface area contributed by atoms with Crippen molar-refractivity contribution in [1.82, 2.24) is 14.4 Å². The lowest BCUT2D eigenvalue weighted by molar-refractivity contribution is -0.134. The number of carbonyl (C=O) groups is 2. The molecule has 0 radical (unpaired) electrons. The number of aromatic nitrogens is 1. The quantitative estimate of drug-likeness (QED) is 0.336. The van der Waals surface area contributed by atoms with Crippen molar-refractivity contribution < 1.29 is 32.4 Å². The van der Waals surface area contributed by atoms with E-state index in [4.69, 9.17) is 20.9 Å². The van der Waals surface area contributed by atoms with Crippen LogP contribution in [0, 0.1) is 19.8 Å². The van der Waals surface area contributed by atoms with Crippen LogP contribution in [0.1, 0.15) is 30.9 Å². The van der Waals surface area contributed by atoms with Gasteiger partial charge in [0.1, 0.15) is 23.2 Å². The fraction of sp³-hybridized carbons (Fsp3) is 0.414. The fourth-order valence-corrected chi connectivity index (χ4v) is 6.11. The Labute approximate surface area is 256 Å². The molecule has 2 aromatic carbocycles. The van der Waals surface area contributed by atoms with Crippen molar-refractivity contribution in [3.63, 3.8) is 0 Å². The molecular weight excluding hydrogens is 598 g/mol. The number of rotatable bonds is 8. The predicted molar refractivity (Wildman–Crippen MR) is 162 cm³/mol. The summed E-state index contributed by atoms with van der Waals surface area (Å²) >= 11 is 5.95. The van der Waals surface area contributed by atoms with E-state index in [-0.39, 0.29) is 42.8 Å². The summed E-state index contributed by atoms with van der Waals surface area (Å²) in [7, 11) is -2.40. The standard InChI is InChI=1S/C29H36ClN5O7S/c1-17-14-35(18(2)16-36)27(37)13-21-12-23(31-29(38)32-28-19(3)33-42-20(28)4)8-11-25(21)41-26(17)15-34(5)43(39,40)24-9-6-22(30)7-10-24/h6-12,17-18,26,36H,13-16H2,1-5H3,(H2,31,32,38)/t17-,18+,26-/m1/s1. The van der Waals surface area contributed by atoms with Gasteiger partial charge in [0, 0.05) is 35.8 Å². The molecule has 12 nitrogen and oxygen atoms in total. The molecule has 232 valence electrons. The number of benzene rings is 2. The zero-order valence-electron chi connectivity index (χ0n) is 24.6. The Morgan fingerprint density at radius 3 is 2.53 bits per heavy atom. The first-order valence-corrected chi connectivity index (χ1v) is 15.5. The van der Waals surface area contributed by atoms with Crippen LogP contribution in [-0.2, 0) is 21.2 Å². The first-order valence-electron chi connectivity index (χ1n) is 13.7. The van der Waals surface area contributed by atoms with Gasteiger partial charge in [-0.15, -0.1) is 0 Å². The normalized spacial score (nSPS) is 18.2. The molecule has 4 rings (SSSR count). The topological polar surface area (TPSA) is 154 Å². The number of aliphatic hydroxyl groups excluding tert-OH is 1. The summed E-state index contributed by atoms with van der Waals surface area (Å²) in [6, 6.07) is 9.83. The van der Waals surface area contributed by atoms with E-state index in [2.05, 4.69) is 15.8 Å². The molecule has 1 aliphatic heterocycles. The minimum Gasteiger partial charge on any atom is -0.488 e. The molecule has 0 saturated carbocycles. The molecule has 0 saturated heterocycles. The molecule has 0 spiro atoms. The van der Waals surface area contributed by atoms with Crippen LogP contribution in [0.2, 0.25) is 5.02 Å². The van der Waals surface area contributed by atoms with Crippen LogP contribution in [0.5, 0.6) is 5.75 Å². The van der Waals surface area contributed by atoms with Crippen LogP contribution >= 0.6 is 11.6 Å². The zero-order valence-corrected chi connectivity index (χ0v) is 26.2. The smallest absolute Gasteiger partial charge is 0.323 e. The van der Waals surface area contributed by atoms with E-state index in [1.165, 1.54) is 35.6 Å². The number of fused-ring (bicyclic) bond motifs is 1. The van der Waals surface area contributed by atoms with Gasteiger partial charge in [-0.05, 0) is 63.2 Å². The number of sulfonamides is 1. The van der Waals surface area contributed by atoms with Crippen LogP contribution < -0.4 is 15.4 Å². The van der Waals surface area contributed by atoms with E-state index < -0.39 is 28.2 Å². The molecule has 3 atom stereocenters. The van der Waals surface area contributed by atoms with Gasteiger partial charge in [0.2, 0.25) is 15.9 Å². The summed E-state index contributed by atoms with van der Waals surface area (Å²) in [6.45, 7) is 6.98. The highest BCUT2D eigenvalue weighted by molar-refractivity contribution is 7.89. The lowest BCUT2D eigenvalue weighted by atomic mass is 10.0. The summed E-state index contributed by atoms with van der Waals surface area (Å²) in [5.41, 5.74) is 1.90. The van der Waals surface area contributed by atoms with Gasteiger partial charge in [0.05, 0.1) is 30.5 Å². The minimum atomic E-state index is -3.87. The SMILES string of the molecule is Cc1noc(C)c1NC(=O)Nc1ccc2c(c1)CC(=O)N([C@@H](C)CO)C[C@@H](C)[C@@H](CN(C)S(=O)(=O)c1ccc(Cl)cc1)O2. The Morgan fingerprint density at radius 2 is 1.91 bits per heavy atom. The molecule has 2 heterocycles. The highest BCUT2D eigenvalue weighted by Crippen LogP contribution is 2.30. The van der Waals surface area contributed by atoms with Crippen LogP contribution in [0.15, 0.2) is 51.9 Å². The van der Waals surface area contributed by atoms with Crippen molar-refractivity contribution in [3.8, 4) is 5.75 Å². The number of likely N-dealkylation sites (N-methyl/N-ethyl adjacent to an activating group) is 1. The first-order chi connectivity index (χ1) is 20.3. The summed E-state index contributed by atoms with van der Waals surface area (Å²) in [4.78, 5) is 27.9. The molecule has 1 aromatic heterocycles. The molecule has 1 aliphatic rings. The number of anilines is 2. The molecule has 0 fully saturated rings. The van der Waals surface area contributed by atoms with Gasteiger partial charge in [-0.1, -0.05) is 23.7 Å². The Bertz CT molecular complexity index is 1560. The molecule has 3 amide bonds. The van der Waals surface area contributed by atoms with Crippen LogP contribution in [0.4, 0.5) is 16.2 Å². The highest BCUT2D eigenvalue weighted by Gasteiger charge is 2.33. The number of nitrogens with one attached hydrogen (secondary N) is 2. The van der Waals surface area contributed by atoms with Gasteiger partial charge in [0.25, 0.3) is 0 Å². The van der Waals surface area contributed by atoms with Gasteiger partial charge in [0.15, 0.2) is 5.76 Å². The number of halogens is 1. The maximum atomic E-state index is 13.5. The zero-order chi connectivity index (χ0) is 31.5. The number of ether oxygens (including phenoxy) is 1. The third-order valence-electron chi connectivity index (χ3n) is 7.41. The van der Waals surface area contributed by atoms with E-state index in [9.17, 15) is 23.1 Å². The second-order valence-electron chi connectivity index (χ2n) is 10.7. The molecule has 43 heavy (non-hydrogen) atoms. The van der Waals surface area contributed by atoms with Gasteiger partial charge in [-0.3, -0.25) is 4.79 Å². The maximum absolute atomic E-state index is 13.5. The number of carbonyl (C=O) groups excluding carboxylic acids is 2. The Hall–Kier alpha value is -3.65. The molecule has 0 bridgehead atoms. The number of aryl methyl sites for hydroxylation is 2. The van der Waals surface area contributed by atoms with Crippen molar-refractivity contribution in [2.45, 2.75) is 51.2 Å². The third kappa shape index (κ3) is 7.47. The van der Waals surface area contributed by atoms with Gasteiger partial charge >= 0.3 is 6.03 Å². The monoisotopic (exact) mass is 633 g/mol. The number of amides is 3. The average molecular weight is 634 g/mol. The number of hydrogen-bond acceptors (Lipinski definition) is 8. The van der Waals surface area contributed by atoms with E-state index in [0.29, 0.717) is 39.2 Å². The Kier molecular flexibility index (Phi) is 10.0. The van der Waals surface area contributed by atoms with E-state index in [1.807, 2.05) is 6.92 Å². The van der Waals surface area contributed by atoms with E-state index in [0.717, 1.165) is 0 Å². The second-order valence-corrected chi connectivity index (χ2v) is 13.2.